The lowest BCUT2D eigenvalue weighted by Gasteiger charge is -2.38. The number of carbonyl (C=O) groups excluding carboxylic acids is 1. The van der Waals surface area contributed by atoms with Gasteiger partial charge in [0.15, 0.2) is 0 Å². The van der Waals surface area contributed by atoms with Gasteiger partial charge in [0.1, 0.15) is 5.65 Å². The molecule has 0 radical (unpaired) electrons. The molecule has 3 aromatic heterocycles. The molecule has 152 valence electrons. The van der Waals surface area contributed by atoms with Crippen molar-refractivity contribution in [3.63, 3.8) is 0 Å². The molecule has 0 bridgehead atoms. The smallest absolute Gasteiger partial charge is 0.317 e. The summed E-state index contributed by atoms with van der Waals surface area (Å²) in [6.45, 7) is 7.08. The predicted molar refractivity (Wildman–Crippen MR) is 113 cm³/mol. The number of aryl methyl sites for hydroxylation is 2. The molecule has 0 aliphatic carbocycles. The van der Waals surface area contributed by atoms with Gasteiger partial charge in [-0.25, -0.2) is 9.78 Å². The van der Waals surface area contributed by atoms with Gasteiger partial charge in [-0.2, -0.15) is 5.10 Å². The number of piperidine rings is 1. The summed E-state index contributed by atoms with van der Waals surface area (Å²) < 4.78 is 2.14. The highest BCUT2D eigenvalue weighted by molar-refractivity contribution is 6.36. The monoisotopic (exact) mass is 412 g/mol. The van der Waals surface area contributed by atoms with E-state index in [4.69, 9.17) is 16.7 Å². The van der Waals surface area contributed by atoms with E-state index >= 15 is 0 Å². The zero-order chi connectivity index (χ0) is 20.2. The van der Waals surface area contributed by atoms with Gasteiger partial charge in [-0.05, 0) is 45.2 Å². The first-order valence-electron chi connectivity index (χ1n) is 10.3. The molecule has 2 aliphatic heterocycles. The number of fused-ring (bicyclic) bond motifs is 3. The van der Waals surface area contributed by atoms with E-state index in [0.717, 1.165) is 71.9 Å². The molecule has 5 heterocycles. The summed E-state index contributed by atoms with van der Waals surface area (Å²) >= 11 is 6.42. The van der Waals surface area contributed by atoms with E-state index in [9.17, 15) is 4.79 Å². The predicted octanol–water partition coefficient (Wildman–Crippen LogP) is 3.86. The van der Waals surface area contributed by atoms with Crippen LogP contribution < -0.4 is 5.32 Å². The van der Waals surface area contributed by atoms with Crippen molar-refractivity contribution < 1.29 is 4.79 Å². The molecule has 7 nitrogen and oxygen atoms in total. The van der Waals surface area contributed by atoms with Crippen LogP contribution in [0.15, 0.2) is 18.3 Å². The van der Waals surface area contributed by atoms with Crippen molar-refractivity contribution in [2.75, 3.05) is 19.6 Å². The van der Waals surface area contributed by atoms with Crippen LogP contribution in [-0.2, 0) is 12.0 Å². The van der Waals surface area contributed by atoms with Crippen molar-refractivity contribution in [2.45, 2.75) is 45.1 Å². The van der Waals surface area contributed by atoms with E-state index < -0.39 is 0 Å². The van der Waals surface area contributed by atoms with Gasteiger partial charge in [-0.15, -0.1) is 0 Å². The molecular formula is C21H25ClN6O. The summed E-state index contributed by atoms with van der Waals surface area (Å²) in [4.78, 5) is 21.8. The quantitative estimate of drug-likeness (QED) is 0.670. The minimum absolute atomic E-state index is 0.0487. The Morgan fingerprint density at radius 1 is 1.28 bits per heavy atom. The Morgan fingerprint density at radius 2 is 2.03 bits per heavy atom. The molecule has 2 N–H and O–H groups in total. The lowest BCUT2D eigenvalue weighted by Crippen LogP contribution is -2.48. The van der Waals surface area contributed by atoms with Gasteiger partial charge in [0.05, 0.1) is 10.7 Å². The number of nitrogens with zero attached hydrogens (tertiary/aromatic N) is 4. The molecule has 8 heteroatoms. The summed E-state index contributed by atoms with van der Waals surface area (Å²) in [6, 6.07) is 4.33. The number of likely N-dealkylation sites (tertiary alicyclic amines) is 1. The number of carbonyl (C=O) groups is 1. The van der Waals surface area contributed by atoms with Crippen molar-refractivity contribution in [3.05, 3.63) is 34.7 Å². The highest BCUT2D eigenvalue weighted by Crippen LogP contribution is 2.44. The average molecular weight is 413 g/mol. The number of pyridine rings is 1. The first kappa shape index (κ1) is 18.5. The zero-order valence-corrected chi connectivity index (χ0v) is 17.5. The first-order chi connectivity index (χ1) is 14.0. The second-order valence-electron chi connectivity index (χ2n) is 8.17. The number of aromatic nitrogens is 4. The molecule has 2 amide bonds. The maximum atomic E-state index is 12.1. The van der Waals surface area contributed by atoms with Crippen LogP contribution in [0.25, 0.3) is 22.3 Å². The minimum Gasteiger partial charge on any atom is -0.342 e. The van der Waals surface area contributed by atoms with Crippen LogP contribution in [0.2, 0.25) is 5.02 Å². The van der Waals surface area contributed by atoms with Crippen molar-refractivity contribution in [1.29, 1.82) is 0 Å². The Kier molecular flexibility index (Phi) is 4.31. The largest absolute Gasteiger partial charge is 0.342 e. The molecular weight excluding hydrogens is 388 g/mol. The fourth-order valence-corrected chi connectivity index (χ4v) is 5.01. The minimum atomic E-state index is 0.0487. The van der Waals surface area contributed by atoms with E-state index in [1.54, 1.807) is 0 Å². The van der Waals surface area contributed by atoms with Crippen LogP contribution in [0, 0.1) is 6.92 Å². The van der Waals surface area contributed by atoms with Gasteiger partial charge in [-0.3, -0.25) is 4.68 Å². The molecule has 0 unspecified atom stereocenters. The fraction of sp³-hybridized carbons (Fsp3) is 0.476. The van der Waals surface area contributed by atoms with E-state index in [2.05, 4.69) is 32.1 Å². The lowest BCUT2D eigenvalue weighted by atomic mass is 9.75. The zero-order valence-electron chi connectivity index (χ0n) is 16.8. The third kappa shape index (κ3) is 2.90. The second kappa shape index (κ2) is 6.76. The second-order valence-corrected chi connectivity index (χ2v) is 8.55. The van der Waals surface area contributed by atoms with Crippen molar-refractivity contribution in [2.24, 2.45) is 0 Å². The van der Waals surface area contributed by atoms with Crippen LogP contribution in [0.4, 0.5) is 4.79 Å². The SMILES string of the molecule is CCNC(=O)N1CCC2(CC1)CCn1nc(-c3cnc4[nH]c(C)c(Cl)c4c3)cc12. The number of hydrogen-bond donors (Lipinski definition) is 2. The summed E-state index contributed by atoms with van der Waals surface area (Å²) in [6.07, 6.45) is 4.92. The first-order valence-corrected chi connectivity index (χ1v) is 10.6. The van der Waals surface area contributed by atoms with Crippen molar-refractivity contribution in [1.82, 2.24) is 30.0 Å². The third-order valence-electron chi connectivity index (χ3n) is 6.52. The van der Waals surface area contributed by atoms with Crippen LogP contribution in [0.5, 0.6) is 0 Å². The molecule has 0 aromatic carbocycles. The number of amides is 2. The Bertz CT molecular complexity index is 1090. The molecule has 1 fully saturated rings. The standard InChI is InChI=1S/C21H25ClN6O/c1-3-23-20(29)27-7-4-21(5-8-27)6-9-28-17(21)11-16(26-28)14-10-15-18(22)13(2)25-19(15)24-12-14/h10-12H,3-9H2,1-2H3,(H,23,29)(H,24,25). The fourth-order valence-electron chi connectivity index (χ4n) is 4.82. The van der Waals surface area contributed by atoms with Gasteiger partial charge in [0.25, 0.3) is 0 Å². The number of nitrogens with one attached hydrogen (secondary N) is 2. The van der Waals surface area contributed by atoms with E-state index in [1.165, 1.54) is 5.69 Å². The molecule has 0 atom stereocenters. The average Bonchev–Trinajstić information content (AvgIpc) is 3.37. The number of rotatable bonds is 2. The maximum Gasteiger partial charge on any atom is 0.317 e. The maximum absolute atomic E-state index is 12.1. The van der Waals surface area contributed by atoms with Crippen LogP contribution in [-0.4, -0.2) is 50.3 Å². The van der Waals surface area contributed by atoms with Crippen molar-refractivity contribution in [3.8, 4) is 11.3 Å². The van der Waals surface area contributed by atoms with Gasteiger partial charge in [0, 0.05) is 60.1 Å². The molecule has 29 heavy (non-hydrogen) atoms. The molecule has 3 aromatic rings. The number of aromatic amines is 1. The number of H-pyrrole nitrogens is 1. The van der Waals surface area contributed by atoms with Gasteiger partial charge < -0.3 is 15.2 Å². The number of hydrogen-bond acceptors (Lipinski definition) is 3. The van der Waals surface area contributed by atoms with E-state index in [-0.39, 0.29) is 11.4 Å². The highest BCUT2D eigenvalue weighted by Gasteiger charge is 2.43. The summed E-state index contributed by atoms with van der Waals surface area (Å²) in [5.74, 6) is 0. The lowest BCUT2D eigenvalue weighted by molar-refractivity contribution is 0.157. The summed E-state index contributed by atoms with van der Waals surface area (Å²) in [7, 11) is 0. The molecule has 2 aliphatic rings. The van der Waals surface area contributed by atoms with Gasteiger partial charge in [0.2, 0.25) is 0 Å². The van der Waals surface area contributed by atoms with Gasteiger partial charge in [-0.1, -0.05) is 11.6 Å². The third-order valence-corrected chi connectivity index (χ3v) is 7.00. The summed E-state index contributed by atoms with van der Waals surface area (Å²) in [5, 5.41) is 9.43. The highest BCUT2D eigenvalue weighted by atomic mass is 35.5. The van der Waals surface area contributed by atoms with Crippen molar-refractivity contribution >= 4 is 28.7 Å². The summed E-state index contributed by atoms with van der Waals surface area (Å²) in [5.41, 5.74) is 5.06. The van der Waals surface area contributed by atoms with Crippen LogP contribution >= 0.6 is 11.6 Å². The molecule has 0 saturated carbocycles. The Morgan fingerprint density at radius 3 is 2.79 bits per heavy atom. The molecule has 1 spiro atoms. The van der Waals surface area contributed by atoms with Gasteiger partial charge >= 0.3 is 6.03 Å². The Labute approximate surface area is 174 Å². The molecule has 5 rings (SSSR count). The molecule has 1 saturated heterocycles. The Balaban J connectivity index is 1.42. The van der Waals surface area contributed by atoms with E-state index in [1.807, 2.05) is 24.9 Å². The van der Waals surface area contributed by atoms with Crippen LogP contribution in [0.1, 0.15) is 37.6 Å². The normalized spacial score (nSPS) is 17.8. The van der Waals surface area contributed by atoms with E-state index in [0.29, 0.717) is 6.54 Å². The number of halogens is 1. The van der Waals surface area contributed by atoms with Crippen LogP contribution in [0.3, 0.4) is 0 Å². The number of urea groups is 1. The topological polar surface area (TPSA) is 78.8 Å². The Hall–Kier alpha value is -2.54.